The zero-order valence-electron chi connectivity index (χ0n) is 7.03. The van der Waals surface area contributed by atoms with Crippen LogP contribution in [0.5, 0.6) is 0 Å². The van der Waals surface area contributed by atoms with Crippen LogP contribution in [0.1, 0.15) is 0 Å². The van der Waals surface area contributed by atoms with Crippen LogP contribution < -0.4 is 24.8 Å². The van der Waals surface area contributed by atoms with E-state index in [1.807, 2.05) is 61.4 Å². The first-order valence-corrected chi connectivity index (χ1v) is 3.33. The van der Waals surface area contributed by atoms with Gasteiger partial charge in [0.2, 0.25) is 0 Å². The van der Waals surface area contributed by atoms with Crippen LogP contribution in [-0.4, -0.2) is 0 Å². The fraction of sp³-hybridized carbons (Fsp3) is 0. The van der Waals surface area contributed by atoms with Crippen LogP contribution >= 0.6 is 0 Å². The molecule has 3 heteroatoms. The van der Waals surface area contributed by atoms with Crippen molar-refractivity contribution in [1.82, 2.24) is 0 Å². The van der Waals surface area contributed by atoms with Gasteiger partial charge in [-0.1, -0.05) is 48.6 Å². The van der Waals surface area contributed by atoms with Crippen molar-refractivity contribution in [3.05, 3.63) is 61.4 Å². The molecule has 0 aromatic rings. The molecule has 0 bridgehead atoms. The standard InChI is InChI=1S/2C5H5.2ClH.Zr/c2*1-2-4-5-3-1;;;/h2*1-5H;2*1H;/q;;;;+2/p-2. The van der Waals surface area contributed by atoms with E-state index in [1.54, 1.807) is 0 Å². The summed E-state index contributed by atoms with van der Waals surface area (Å²) < 4.78 is 0. The minimum absolute atomic E-state index is 0. The van der Waals surface area contributed by atoms with Crippen LogP contribution in [0.4, 0.5) is 0 Å². The summed E-state index contributed by atoms with van der Waals surface area (Å²) in [5.74, 6) is 0. The molecule has 2 rings (SSSR count). The largest absolute Gasteiger partial charge is 2.00 e. The maximum Gasteiger partial charge on any atom is 2.00 e. The quantitative estimate of drug-likeness (QED) is 0.437. The average Bonchev–Trinajstić information content (AvgIpc) is 2.67. The van der Waals surface area contributed by atoms with E-state index in [4.69, 9.17) is 0 Å². The summed E-state index contributed by atoms with van der Waals surface area (Å²) in [4.78, 5) is 0. The van der Waals surface area contributed by atoms with Gasteiger partial charge in [0.15, 0.2) is 0 Å². The fourth-order valence-electron chi connectivity index (χ4n) is 0.642. The third kappa shape index (κ3) is 12.4. The molecule has 0 aromatic carbocycles. The smallest absolute Gasteiger partial charge is 1.00 e. The molecule has 68 valence electrons. The molecule has 0 atom stereocenters. The zero-order chi connectivity index (χ0) is 7.07. The number of hydrogen-bond acceptors (Lipinski definition) is 0. The van der Waals surface area contributed by atoms with Gasteiger partial charge in [0.05, 0.1) is 0 Å². The van der Waals surface area contributed by atoms with E-state index in [-0.39, 0.29) is 51.0 Å². The third-order valence-electron chi connectivity index (χ3n) is 1.11. The first kappa shape index (κ1) is 19.1. The van der Waals surface area contributed by atoms with Crippen molar-refractivity contribution < 1.29 is 51.0 Å². The van der Waals surface area contributed by atoms with Crippen molar-refractivity contribution in [2.24, 2.45) is 0 Å². The summed E-state index contributed by atoms with van der Waals surface area (Å²) in [7, 11) is 0. The summed E-state index contributed by atoms with van der Waals surface area (Å²) in [6.07, 6.45) is 20.0. The van der Waals surface area contributed by atoms with Crippen molar-refractivity contribution in [1.29, 1.82) is 0 Å². The number of halogens is 2. The first-order chi connectivity index (χ1) is 5.00. The molecule has 2 radical (unpaired) electrons. The van der Waals surface area contributed by atoms with Gasteiger partial charge in [-0.25, -0.2) is 0 Å². The third-order valence-corrected chi connectivity index (χ3v) is 1.11. The van der Waals surface area contributed by atoms with Crippen LogP contribution in [0.2, 0.25) is 0 Å². The molecule has 0 fully saturated rings. The van der Waals surface area contributed by atoms with E-state index in [1.165, 1.54) is 0 Å². The molecule has 0 aliphatic heterocycles. The molecule has 2 aliphatic carbocycles. The molecule has 0 N–H and O–H groups in total. The summed E-state index contributed by atoms with van der Waals surface area (Å²) in [5.41, 5.74) is 0. The van der Waals surface area contributed by atoms with Crippen molar-refractivity contribution in [2.45, 2.75) is 0 Å². The molecule has 0 saturated heterocycles. The van der Waals surface area contributed by atoms with Crippen molar-refractivity contribution >= 4 is 0 Å². The normalized spacial score (nSPS) is 13.5. The predicted molar refractivity (Wildman–Crippen MR) is 45.2 cm³/mol. The second-order valence-electron chi connectivity index (χ2n) is 1.92. The molecular formula is C10H10Cl2Zr. The summed E-state index contributed by atoms with van der Waals surface area (Å²) >= 11 is 0. The van der Waals surface area contributed by atoms with Crippen LogP contribution in [0.25, 0.3) is 0 Å². The van der Waals surface area contributed by atoms with Crippen LogP contribution in [0.15, 0.2) is 48.6 Å². The molecule has 0 heterocycles. The van der Waals surface area contributed by atoms with E-state index in [2.05, 4.69) is 0 Å². The minimum atomic E-state index is 0. The SMILES string of the molecule is [CH]1C=CC=C1.[CH]1C=CC=C1.[Cl-].[Cl-].[Zr+2]. The van der Waals surface area contributed by atoms with Gasteiger partial charge < -0.3 is 24.8 Å². The van der Waals surface area contributed by atoms with E-state index >= 15 is 0 Å². The Hall–Kier alpha value is 0.423. The van der Waals surface area contributed by atoms with Gasteiger partial charge in [-0.05, 0) is 0 Å². The number of hydrogen-bond donors (Lipinski definition) is 0. The molecule has 13 heavy (non-hydrogen) atoms. The molecule has 0 aromatic heterocycles. The Morgan fingerprint density at radius 2 is 0.615 bits per heavy atom. The van der Waals surface area contributed by atoms with Crippen molar-refractivity contribution in [3.8, 4) is 0 Å². The van der Waals surface area contributed by atoms with E-state index in [9.17, 15) is 0 Å². The Bertz CT molecular complexity index is 151. The van der Waals surface area contributed by atoms with E-state index < -0.39 is 0 Å². The first-order valence-electron chi connectivity index (χ1n) is 3.33. The molecule has 0 unspecified atom stereocenters. The number of allylic oxidation sites excluding steroid dienone is 8. The van der Waals surface area contributed by atoms with Gasteiger partial charge in [-0.15, -0.1) is 0 Å². The van der Waals surface area contributed by atoms with E-state index in [0.717, 1.165) is 0 Å². The minimum Gasteiger partial charge on any atom is -1.00 e. The zero-order valence-corrected chi connectivity index (χ0v) is 11.0. The Morgan fingerprint density at radius 1 is 0.385 bits per heavy atom. The Balaban J connectivity index is -0.000000125. The maximum absolute atomic E-state index is 2.00. The molecule has 0 nitrogen and oxygen atoms in total. The van der Waals surface area contributed by atoms with Crippen molar-refractivity contribution in [2.75, 3.05) is 0 Å². The Labute approximate surface area is 112 Å². The maximum atomic E-state index is 2.00. The second kappa shape index (κ2) is 14.9. The predicted octanol–water partition coefficient (Wildman–Crippen LogP) is -3.36. The van der Waals surface area contributed by atoms with E-state index in [0.29, 0.717) is 0 Å². The average molecular weight is 292 g/mol. The molecule has 2 aliphatic rings. The van der Waals surface area contributed by atoms with Gasteiger partial charge >= 0.3 is 26.2 Å². The number of rotatable bonds is 0. The molecule has 0 amide bonds. The Morgan fingerprint density at radius 3 is 0.692 bits per heavy atom. The van der Waals surface area contributed by atoms with Gasteiger partial charge in [0, 0.05) is 12.8 Å². The van der Waals surface area contributed by atoms with Gasteiger partial charge in [-0.3, -0.25) is 0 Å². The summed E-state index contributed by atoms with van der Waals surface area (Å²) in [6, 6.07) is 0. The summed E-state index contributed by atoms with van der Waals surface area (Å²) in [6.45, 7) is 0. The van der Waals surface area contributed by atoms with Gasteiger partial charge in [-0.2, -0.15) is 0 Å². The van der Waals surface area contributed by atoms with Crippen LogP contribution in [0.3, 0.4) is 0 Å². The van der Waals surface area contributed by atoms with Crippen molar-refractivity contribution in [3.63, 3.8) is 0 Å². The monoisotopic (exact) mass is 290 g/mol. The molecule has 0 spiro atoms. The molecular weight excluding hydrogens is 282 g/mol. The topological polar surface area (TPSA) is 0 Å². The van der Waals surface area contributed by atoms with Crippen LogP contribution in [0, 0.1) is 12.8 Å². The van der Waals surface area contributed by atoms with Gasteiger partial charge in [0.1, 0.15) is 0 Å². The summed E-state index contributed by atoms with van der Waals surface area (Å²) in [5, 5.41) is 0. The fourth-order valence-corrected chi connectivity index (χ4v) is 0.642. The van der Waals surface area contributed by atoms with Crippen LogP contribution in [-0.2, 0) is 26.2 Å². The Kier molecular flexibility index (Phi) is 21.9. The molecule has 0 saturated carbocycles. The van der Waals surface area contributed by atoms with Gasteiger partial charge in [0.25, 0.3) is 0 Å². The second-order valence-corrected chi connectivity index (χ2v) is 1.92.